The van der Waals surface area contributed by atoms with E-state index >= 15 is 0 Å². The number of carboxylic acids is 2. The Hall–Kier alpha value is -11.8. The molecular formula is C78H88N4O21. The van der Waals surface area contributed by atoms with Gasteiger partial charge in [-0.25, -0.2) is 38.4 Å². The summed E-state index contributed by atoms with van der Waals surface area (Å²) in [7, 11) is 1.54. The summed E-state index contributed by atoms with van der Waals surface area (Å²) in [4.78, 5) is 128. The van der Waals surface area contributed by atoms with E-state index in [0.717, 1.165) is 27.8 Å². The normalized spacial score (nSPS) is 12.3. The summed E-state index contributed by atoms with van der Waals surface area (Å²) in [6, 6.07) is 47.2. The fourth-order valence-corrected chi connectivity index (χ4v) is 9.79. The quantitative estimate of drug-likeness (QED) is 0.0126. The van der Waals surface area contributed by atoms with Crippen molar-refractivity contribution in [2.45, 2.75) is 132 Å². The number of carbonyl (C=O) groups is 10. The zero-order valence-electron chi connectivity index (χ0n) is 58.8. The number of hydrogen-bond acceptors (Lipinski definition) is 19. The monoisotopic (exact) mass is 1420 g/mol. The number of hydrogen-bond donors (Lipinski definition) is 6. The van der Waals surface area contributed by atoms with Crippen molar-refractivity contribution in [2.75, 3.05) is 7.11 Å². The highest BCUT2D eigenvalue weighted by molar-refractivity contribution is 5.87. The van der Waals surface area contributed by atoms with E-state index in [-0.39, 0.29) is 75.1 Å². The summed E-state index contributed by atoms with van der Waals surface area (Å²) >= 11 is 0. The van der Waals surface area contributed by atoms with Gasteiger partial charge in [0.2, 0.25) is 0 Å². The average molecular weight is 1420 g/mol. The molecule has 0 fully saturated rings. The first-order valence-corrected chi connectivity index (χ1v) is 33.3. The van der Waals surface area contributed by atoms with Crippen molar-refractivity contribution in [2.24, 2.45) is 29.6 Å². The maximum Gasteiger partial charge on any atom is 0.408 e. The highest BCUT2D eigenvalue weighted by atomic mass is 16.6. The number of aryl methyl sites for hydroxylation is 1. The number of methoxy groups -OCH3 is 1. The van der Waals surface area contributed by atoms with Crippen LogP contribution in [-0.4, -0.2) is 102 Å². The summed E-state index contributed by atoms with van der Waals surface area (Å²) in [6.07, 6.45) is -3.22. The Morgan fingerprint density at radius 2 is 0.621 bits per heavy atom. The number of carboxylic acid groups (broad SMARTS) is 2. The molecule has 0 bridgehead atoms. The molecule has 103 heavy (non-hydrogen) atoms. The number of ether oxygens (including phenoxy) is 9. The first-order valence-electron chi connectivity index (χ1n) is 33.3. The highest BCUT2D eigenvalue weighted by Gasteiger charge is 2.34. The Kier molecular flexibility index (Phi) is 32.0. The molecule has 0 heterocycles. The van der Waals surface area contributed by atoms with Crippen molar-refractivity contribution in [3.8, 4) is 28.7 Å². The molecule has 0 aliphatic heterocycles. The molecule has 0 aliphatic carbocycles. The molecule has 25 heteroatoms. The van der Waals surface area contributed by atoms with Crippen LogP contribution in [-0.2, 0) is 93.4 Å². The lowest BCUT2D eigenvalue weighted by atomic mass is 9.92. The smallest absolute Gasteiger partial charge is 0.408 e. The van der Waals surface area contributed by atoms with Crippen LogP contribution in [0.3, 0.4) is 0 Å². The summed E-state index contributed by atoms with van der Waals surface area (Å²) in [5.74, 6) is -8.22. The second-order valence-electron chi connectivity index (χ2n) is 25.1. The third-order valence-electron chi connectivity index (χ3n) is 15.6. The molecule has 0 radical (unpaired) electrons. The molecule has 0 spiro atoms. The van der Waals surface area contributed by atoms with E-state index in [4.69, 9.17) is 47.7 Å². The van der Waals surface area contributed by atoms with Crippen LogP contribution in [0.25, 0.3) is 0 Å². The van der Waals surface area contributed by atoms with Crippen molar-refractivity contribution < 1.29 is 101 Å². The Morgan fingerprint density at radius 3 is 0.913 bits per heavy atom. The molecule has 7 aromatic rings. The number of amides is 4. The van der Waals surface area contributed by atoms with Crippen LogP contribution in [0.4, 0.5) is 19.2 Å². The fraction of sp³-hybridized carbons (Fsp3) is 0.333. The largest absolute Gasteiger partial charge is 0.497 e. The van der Waals surface area contributed by atoms with Gasteiger partial charge in [-0.1, -0.05) is 201 Å². The van der Waals surface area contributed by atoms with Gasteiger partial charge in [0, 0.05) is 6.42 Å². The minimum absolute atomic E-state index is 0.00467. The summed E-state index contributed by atoms with van der Waals surface area (Å²) < 4.78 is 49.1. The molecule has 25 nitrogen and oxygen atoms in total. The van der Waals surface area contributed by atoms with Crippen molar-refractivity contribution in [3.05, 3.63) is 221 Å². The highest BCUT2D eigenvalue weighted by Crippen LogP contribution is 2.33. The minimum Gasteiger partial charge on any atom is -0.497 e. The lowest BCUT2D eigenvalue weighted by Gasteiger charge is -2.23. The van der Waals surface area contributed by atoms with E-state index in [2.05, 4.69) is 21.3 Å². The lowest BCUT2D eigenvalue weighted by Crippen LogP contribution is -2.47. The SMILES string of the molecule is CC(C)[C@H](NC(=O)OCc1ccccc1)C(=O)Oc1ccc(CCC(=O)O)cc1OC(=O)[C@@H](NC(=O)OCc1ccccc1)C(C)C.COc1ccc(CC(Cc2ccc(OC(=O)[C@@H](NC(=O)OCc3ccccc3)C(C)C)c(OC(=O)[C@@H](NC(=O)OCc3ccccc3)C(C)C)c2)C(=O)O)cc1. The van der Waals surface area contributed by atoms with Crippen molar-refractivity contribution in [3.63, 3.8) is 0 Å². The second kappa shape index (κ2) is 41.1. The molecule has 4 amide bonds. The summed E-state index contributed by atoms with van der Waals surface area (Å²) in [5.41, 5.74) is 4.76. The average Bonchev–Trinajstić information content (AvgIpc) is 0.829. The van der Waals surface area contributed by atoms with E-state index in [1.807, 2.05) is 24.3 Å². The van der Waals surface area contributed by atoms with Gasteiger partial charge in [0.25, 0.3) is 0 Å². The van der Waals surface area contributed by atoms with Crippen molar-refractivity contribution in [1.29, 1.82) is 0 Å². The Morgan fingerprint density at radius 1 is 0.340 bits per heavy atom. The van der Waals surface area contributed by atoms with Gasteiger partial charge in [-0.3, -0.25) is 9.59 Å². The molecule has 0 saturated carbocycles. The first kappa shape index (κ1) is 80.2. The molecule has 5 atom stereocenters. The molecular weight excluding hydrogens is 1330 g/mol. The van der Waals surface area contributed by atoms with Crippen LogP contribution in [0.5, 0.6) is 28.7 Å². The topological polar surface area (TPSA) is 342 Å². The number of carbonyl (C=O) groups excluding carboxylic acids is 8. The zero-order valence-corrected chi connectivity index (χ0v) is 58.8. The van der Waals surface area contributed by atoms with Crippen LogP contribution in [0.15, 0.2) is 182 Å². The number of esters is 4. The van der Waals surface area contributed by atoms with Gasteiger partial charge in [-0.05, 0) is 118 Å². The Labute approximate surface area is 597 Å². The number of nitrogens with one attached hydrogen (secondary N) is 4. The summed E-state index contributed by atoms with van der Waals surface area (Å²) in [5, 5.41) is 29.4. The van der Waals surface area contributed by atoms with E-state index in [0.29, 0.717) is 16.9 Å². The predicted molar refractivity (Wildman–Crippen MR) is 376 cm³/mol. The van der Waals surface area contributed by atoms with Gasteiger partial charge in [-0.15, -0.1) is 0 Å². The molecule has 0 aromatic heterocycles. The minimum atomic E-state index is -1.18. The number of alkyl carbamates (subject to hydrolysis) is 4. The Bertz CT molecular complexity index is 3930. The molecule has 546 valence electrons. The summed E-state index contributed by atoms with van der Waals surface area (Å²) in [6.45, 7) is 13.6. The number of rotatable bonds is 33. The fourth-order valence-electron chi connectivity index (χ4n) is 9.79. The van der Waals surface area contributed by atoms with Crippen LogP contribution >= 0.6 is 0 Å². The van der Waals surface area contributed by atoms with Gasteiger partial charge in [0.15, 0.2) is 23.0 Å². The van der Waals surface area contributed by atoms with Gasteiger partial charge in [0.1, 0.15) is 56.3 Å². The van der Waals surface area contributed by atoms with Gasteiger partial charge < -0.3 is 74.1 Å². The third-order valence-corrected chi connectivity index (χ3v) is 15.6. The van der Waals surface area contributed by atoms with E-state index < -0.39 is 114 Å². The molecule has 7 aromatic carbocycles. The lowest BCUT2D eigenvalue weighted by molar-refractivity contribution is -0.142. The van der Waals surface area contributed by atoms with E-state index in [9.17, 15) is 53.1 Å². The molecule has 0 aliphatic rings. The number of aliphatic carboxylic acids is 2. The predicted octanol–water partition coefficient (Wildman–Crippen LogP) is 12.3. The molecule has 1 unspecified atom stereocenters. The van der Waals surface area contributed by atoms with E-state index in [1.165, 1.54) is 37.4 Å². The van der Waals surface area contributed by atoms with Gasteiger partial charge in [-0.2, -0.15) is 0 Å². The first-order chi connectivity index (χ1) is 49.2. The van der Waals surface area contributed by atoms with Gasteiger partial charge >= 0.3 is 60.2 Å². The van der Waals surface area contributed by atoms with Crippen LogP contribution in [0, 0.1) is 29.6 Å². The van der Waals surface area contributed by atoms with Crippen molar-refractivity contribution in [1.82, 2.24) is 21.3 Å². The number of benzene rings is 7. The van der Waals surface area contributed by atoms with Crippen molar-refractivity contribution >= 4 is 60.2 Å². The van der Waals surface area contributed by atoms with Crippen LogP contribution < -0.4 is 45.0 Å². The maximum atomic E-state index is 13.7. The van der Waals surface area contributed by atoms with Crippen LogP contribution in [0.1, 0.15) is 101 Å². The Balaban J connectivity index is 0.000000329. The molecule has 6 N–H and O–H groups in total. The molecule has 0 saturated heterocycles. The van der Waals surface area contributed by atoms with Crippen LogP contribution in [0.2, 0.25) is 0 Å². The van der Waals surface area contributed by atoms with Gasteiger partial charge in [0.05, 0.1) is 13.0 Å². The maximum absolute atomic E-state index is 13.7. The second-order valence-corrected chi connectivity index (χ2v) is 25.1. The van der Waals surface area contributed by atoms with E-state index in [1.54, 1.807) is 183 Å². The molecule has 7 rings (SSSR count). The standard InChI is InChI=1S/C43H48N2O11.C35H40N2O10/c1-27(2)37(44-42(50)53-25-30-12-8-6-9-13-30)40(48)55-35-21-18-32(23-33(39(46)47)22-29-16-19-34(52-5)20-17-29)24-36(35)56-41(49)38(28(3)4)45-43(51)54-26-31-14-10-7-11-15-31;1-22(2)30(36-34(42)44-20-25-11-7-5-8-12-25)32(40)46-27-17-15-24(16-18-29(38)39)19-28(27)47-33(41)31(23(3)4)37-35(43)45-21-26-13-9-6-10-14-26/h6-21,24,27-28,33,37-38H,22-23,25-26H2,1-5H3,(H,44,50)(H,45,51)(H,46,47);5-15,17,19,22-23,30-31H,16,18,20-21H2,1-4H3,(H,36,42)(H,37,43)(H,38,39)/t33?,37-,38-;30-,31-/m00/s1. The third kappa shape index (κ3) is 27.7. The zero-order chi connectivity index (χ0) is 75.0.